The van der Waals surface area contributed by atoms with Crippen LogP contribution in [0.3, 0.4) is 0 Å². The van der Waals surface area contributed by atoms with E-state index in [1.165, 1.54) is 6.26 Å². The lowest BCUT2D eigenvalue weighted by Crippen LogP contribution is -1.66. The molecule has 0 radical (unpaired) electrons. The zero-order chi connectivity index (χ0) is 12.4. The fourth-order valence-corrected chi connectivity index (χ4v) is 0. The lowest BCUT2D eigenvalue weighted by atomic mass is 10.3. The van der Waals surface area contributed by atoms with Crippen LogP contribution in [-0.2, 0) is 4.57 Å². The molecular formula is C9H25O3PS. The summed E-state index contributed by atoms with van der Waals surface area (Å²) in [7, 11) is 0. The Hall–Kier alpha value is 0.500. The number of rotatable bonds is 1. The van der Waals surface area contributed by atoms with Gasteiger partial charge in [0.2, 0.25) is 0 Å². The molecule has 3 nitrogen and oxygen atoms in total. The Kier molecular flexibility index (Phi) is 16.5. The van der Waals surface area contributed by atoms with Crippen molar-refractivity contribution in [2.24, 2.45) is 11.8 Å². The second kappa shape index (κ2) is 11.6. The number of hydrogen-bond donors (Lipinski definition) is 2. The van der Waals surface area contributed by atoms with Gasteiger partial charge in [0.25, 0.3) is 0 Å². The standard InChI is InChI=1S/2C4H10.CH5O3PS/c2*1-4(2)3;1-6-5(2,3)4/h2*4H,1-3H3;1H3,(H2,2,3,4). The maximum absolute atomic E-state index is 9.66. The summed E-state index contributed by atoms with van der Waals surface area (Å²) < 4.78 is 9.66. The highest BCUT2D eigenvalue weighted by Gasteiger charge is 2.06. The van der Waals surface area contributed by atoms with Crippen LogP contribution in [0.2, 0.25) is 0 Å². The van der Waals surface area contributed by atoms with Crippen molar-refractivity contribution in [1.82, 2.24) is 0 Å². The van der Waals surface area contributed by atoms with Gasteiger partial charge in [-0.2, -0.15) is 0 Å². The normalized spacial score (nSPS) is 10.2. The molecule has 14 heavy (non-hydrogen) atoms. The van der Waals surface area contributed by atoms with Gasteiger partial charge in [0.15, 0.2) is 0 Å². The van der Waals surface area contributed by atoms with Crippen molar-refractivity contribution >= 4 is 18.2 Å². The lowest BCUT2D eigenvalue weighted by molar-refractivity contribution is 0.397. The molecule has 0 unspecified atom stereocenters. The van der Waals surface area contributed by atoms with Gasteiger partial charge in [-0.25, -0.2) is 4.57 Å². The first-order valence-electron chi connectivity index (χ1n) is 4.64. The first kappa shape index (κ1) is 20.0. The Bertz CT molecular complexity index is 131. The highest BCUT2D eigenvalue weighted by Crippen LogP contribution is 2.47. The third-order valence-electron chi connectivity index (χ3n) is 0.238. The minimum Gasteiger partial charge on any atom is -0.317 e. The summed E-state index contributed by atoms with van der Waals surface area (Å²) in [5.74, 6) is 1.67. The average molecular weight is 244 g/mol. The van der Waals surface area contributed by atoms with Gasteiger partial charge in [-0.1, -0.05) is 41.5 Å². The van der Waals surface area contributed by atoms with Gasteiger partial charge in [-0.15, -0.1) is 0 Å². The summed E-state index contributed by atoms with van der Waals surface area (Å²) in [6.45, 7) is 9.27. The molecule has 0 aromatic heterocycles. The van der Waals surface area contributed by atoms with Crippen LogP contribution >= 0.6 is 18.2 Å². The van der Waals surface area contributed by atoms with Crippen molar-refractivity contribution in [3.05, 3.63) is 0 Å². The fraction of sp³-hybridized carbons (Fsp3) is 1.00. The molecule has 2 N–H and O–H groups in total. The van der Waals surface area contributed by atoms with Gasteiger partial charge >= 0.3 is 6.80 Å². The maximum Gasteiger partial charge on any atom is 0.383 e. The zero-order valence-corrected chi connectivity index (χ0v) is 12.0. The van der Waals surface area contributed by atoms with Crippen molar-refractivity contribution in [2.45, 2.75) is 41.5 Å². The van der Waals surface area contributed by atoms with Gasteiger partial charge < -0.3 is 9.79 Å². The van der Waals surface area contributed by atoms with Crippen LogP contribution < -0.4 is 0 Å². The van der Waals surface area contributed by atoms with E-state index in [9.17, 15) is 4.57 Å². The molecule has 0 saturated carbocycles. The zero-order valence-electron chi connectivity index (χ0n) is 10.3. The molecule has 0 fully saturated rings. The molecule has 0 heterocycles. The van der Waals surface area contributed by atoms with E-state index in [1.807, 2.05) is 0 Å². The monoisotopic (exact) mass is 244 g/mol. The first-order chi connectivity index (χ1) is 6.02. The molecule has 0 amide bonds. The third-order valence-corrected chi connectivity index (χ3v) is 2.14. The smallest absolute Gasteiger partial charge is 0.317 e. The highest BCUT2D eigenvalue weighted by atomic mass is 32.7. The third kappa shape index (κ3) is 135. The second-order valence-electron chi connectivity index (χ2n) is 4.14. The summed E-state index contributed by atoms with van der Waals surface area (Å²) in [4.78, 5) is 15.8. The van der Waals surface area contributed by atoms with Crippen molar-refractivity contribution in [3.8, 4) is 0 Å². The summed E-state index contributed by atoms with van der Waals surface area (Å²) in [6.07, 6.45) is 1.36. The van der Waals surface area contributed by atoms with E-state index < -0.39 is 6.80 Å². The minimum absolute atomic E-state index is 0.549. The minimum atomic E-state index is -3.73. The van der Waals surface area contributed by atoms with Gasteiger partial charge in [0.05, 0.1) is 0 Å². The van der Waals surface area contributed by atoms with E-state index >= 15 is 0 Å². The van der Waals surface area contributed by atoms with Crippen LogP contribution in [0.4, 0.5) is 0 Å². The number of hydrogen-bond acceptors (Lipinski definition) is 2. The molecule has 5 heteroatoms. The molecule has 0 saturated heterocycles. The van der Waals surface area contributed by atoms with Gasteiger partial charge in [0.1, 0.15) is 0 Å². The van der Waals surface area contributed by atoms with Gasteiger partial charge in [-0.05, 0) is 29.5 Å². The molecule has 0 bridgehead atoms. The van der Waals surface area contributed by atoms with E-state index in [4.69, 9.17) is 9.79 Å². The Labute approximate surface area is 92.6 Å². The van der Waals surface area contributed by atoms with E-state index in [0.29, 0.717) is 11.4 Å². The van der Waals surface area contributed by atoms with Gasteiger partial charge in [-0.3, -0.25) is 0 Å². The van der Waals surface area contributed by atoms with Crippen molar-refractivity contribution in [3.63, 3.8) is 0 Å². The summed E-state index contributed by atoms with van der Waals surface area (Å²) in [5.41, 5.74) is 0. The van der Waals surface area contributed by atoms with Crippen LogP contribution in [0.1, 0.15) is 41.5 Å². The Morgan fingerprint density at radius 3 is 1.00 bits per heavy atom. The topological polar surface area (TPSA) is 57.5 Å². The summed E-state index contributed by atoms with van der Waals surface area (Å²) in [5, 5.41) is 0. The van der Waals surface area contributed by atoms with E-state index in [2.05, 4.69) is 41.5 Å². The molecule has 90 valence electrons. The summed E-state index contributed by atoms with van der Waals surface area (Å²) >= 11 is 0.549. The van der Waals surface area contributed by atoms with Crippen molar-refractivity contribution < 1.29 is 14.4 Å². The van der Waals surface area contributed by atoms with E-state index in [1.54, 1.807) is 0 Å². The summed E-state index contributed by atoms with van der Waals surface area (Å²) in [6, 6.07) is 0. The molecule has 0 rings (SSSR count). The Morgan fingerprint density at radius 1 is 0.929 bits per heavy atom. The van der Waals surface area contributed by atoms with Crippen LogP contribution in [0.5, 0.6) is 0 Å². The van der Waals surface area contributed by atoms with Crippen LogP contribution in [-0.4, -0.2) is 16.0 Å². The maximum atomic E-state index is 9.66. The predicted octanol–water partition coefficient (Wildman–Crippen LogP) is 3.77. The van der Waals surface area contributed by atoms with Crippen molar-refractivity contribution in [2.75, 3.05) is 6.26 Å². The Morgan fingerprint density at radius 2 is 1.00 bits per heavy atom. The Balaban J connectivity index is -0.000000135. The quantitative estimate of drug-likeness (QED) is 0.689. The molecule has 0 aliphatic heterocycles. The average Bonchev–Trinajstić information content (AvgIpc) is 1.83. The van der Waals surface area contributed by atoms with Crippen LogP contribution in [0.15, 0.2) is 0 Å². The van der Waals surface area contributed by atoms with Gasteiger partial charge in [0, 0.05) is 0 Å². The van der Waals surface area contributed by atoms with Crippen LogP contribution in [0, 0.1) is 11.8 Å². The molecule has 0 aliphatic rings. The first-order valence-corrected chi connectivity index (χ1v) is 8.08. The molecule has 0 spiro atoms. The van der Waals surface area contributed by atoms with Crippen molar-refractivity contribution in [1.29, 1.82) is 0 Å². The largest absolute Gasteiger partial charge is 0.383 e. The van der Waals surface area contributed by atoms with E-state index in [-0.39, 0.29) is 0 Å². The predicted molar refractivity (Wildman–Crippen MR) is 66.6 cm³/mol. The molecule has 0 aromatic rings. The van der Waals surface area contributed by atoms with Crippen LogP contribution in [0.25, 0.3) is 0 Å². The highest BCUT2D eigenvalue weighted by molar-refractivity contribution is 8.54. The van der Waals surface area contributed by atoms with E-state index in [0.717, 1.165) is 11.8 Å². The molecule has 0 atom stereocenters. The lowest BCUT2D eigenvalue weighted by Gasteiger charge is -1.91. The SMILES string of the molecule is CC(C)C.CC(C)C.CSP(=O)(O)O. The molecule has 0 aliphatic carbocycles. The molecule has 0 aromatic carbocycles. The second-order valence-corrected chi connectivity index (χ2v) is 8.01. The molecular weight excluding hydrogens is 219 g/mol. The fourth-order valence-electron chi connectivity index (χ4n) is 0.